The second-order valence-electron chi connectivity index (χ2n) is 7.15. The Morgan fingerprint density at radius 1 is 1.03 bits per heavy atom. The van der Waals surface area contributed by atoms with Gasteiger partial charge in [-0.2, -0.15) is 0 Å². The molecule has 0 radical (unpaired) electrons. The lowest BCUT2D eigenvalue weighted by atomic mass is 10.0. The van der Waals surface area contributed by atoms with Crippen molar-refractivity contribution in [3.05, 3.63) is 52.6 Å². The number of aliphatic hydroxyl groups is 1. The molecular weight excluding hydrogens is 406 g/mol. The maximum Gasteiger partial charge on any atom is 0.308 e. The molecule has 7 heteroatoms. The van der Waals surface area contributed by atoms with Gasteiger partial charge in [0.05, 0.1) is 0 Å². The number of ether oxygens (including phenoxy) is 3. The number of para-hydroxylation sites is 1. The molecule has 0 aromatic heterocycles. The molecule has 0 heterocycles. The number of hydrogen-bond donors (Lipinski definition) is 2. The van der Waals surface area contributed by atoms with Gasteiger partial charge in [0.1, 0.15) is 36.6 Å². The number of aryl methyl sites for hydroxylation is 2. The van der Waals surface area contributed by atoms with Gasteiger partial charge in [0.25, 0.3) is 0 Å². The molecule has 1 atom stereocenters. The van der Waals surface area contributed by atoms with Gasteiger partial charge in [0, 0.05) is 20.0 Å². The van der Waals surface area contributed by atoms with E-state index >= 15 is 0 Å². The number of carbonyl (C=O) groups excluding carboxylic acids is 1. The SMILES string of the molecule is CC(=O)Oc1c(C)cc(OCC(O)CNCCOc2ccccc2C)c(C)c1C.Cl. The van der Waals surface area contributed by atoms with Crippen LogP contribution in [0.25, 0.3) is 0 Å². The number of hydrogen-bond acceptors (Lipinski definition) is 6. The molecule has 2 N–H and O–H groups in total. The molecule has 0 saturated heterocycles. The first-order chi connectivity index (χ1) is 13.8. The zero-order chi connectivity index (χ0) is 21.4. The van der Waals surface area contributed by atoms with Gasteiger partial charge in [-0.3, -0.25) is 4.79 Å². The molecule has 0 spiro atoms. The number of nitrogens with one attached hydrogen (secondary N) is 1. The second-order valence-corrected chi connectivity index (χ2v) is 7.15. The largest absolute Gasteiger partial charge is 0.492 e. The van der Waals surface area contributed by atoms with Gasteiger partial charge in [0.15, 0.2) is 0 Å². The Bertz CT molecular complexity index is 841. The van der Waals surface area contributed by atoms with Gasteiger partial charge in [0.2, 0.25) is 0 Å². The average Bonchev–Trinajstić information content (AvgIpc) is 2.68. The Labute approximate surface area is 185 Å². The van der Waals surface area contributed by atoms with Gasteiger partial charge < -0.3 is 24.6 Å². The zero-order valence-corrected chi connectivity index (χ0v) is 19.1. The van der Waals surface area contributed by atoms with Crippen LogP contribution in [0.3, 0.4) is 0 Å². The van der Waals surface area contributed by atoms with E-state index in [0.717, 1.165) is 28.0 Å². The summed E-state index contributed by atoms with van der Waals surface area (Å²) in [6, 6.07) is 9.70. The number of halogens is 1. The summed E-state index contributed by atoms with van der Waals surface area (Å²) in [5.74, 6) is 1.77. The topological polar surface area (TPSA) is 77.0 Å². The number of rotatable bonds is 10. The molecule has 2 aromatic carbocycles. The van der Waals surface area contributed by atoms with Crippen molar-refractivity contribution in [1.82, 2.24) is 5.32 Å². The lowest BCUT2D eigenvalue weighted by Crippen LogP contribution is -2.33. The fourth-order valence-electron chi connectivity index (χ4n) is 2.94. The fourth-order valence-corrected chi connectivity index (χ4v) is 2.94. The van der Waals surface area contributed by atoms with Crippen LogP contribution in [0, 0.1) is 27.7 Å². The van der Waals surface area contributed by atoms with Crippen molar-refractivity contribution < 1.29 is 24.1 Å². The normalized spacial score (nSPS) is 11.4. The van der Waals surface area contributed by atoms with E-state index < -0.39 is 6.10 Å². The summed E-state index contributed by atoms with van der Waals surface area (Å²) in [5.41, 5.74) is 3.66. The molecule has 0 fully saturated rings. The molecule has 0 amide bonds. The highest BCUT2D eigenvalue weighted by atomic mass is 35.5. The molecule has 2 aromatic rings. The summed E-state index contributed by atoms with van der Waals surface area (Å²) in [5, 5.41) is 13.3. The number of carbonyl (C=O) groups is 1. The Morgan fingerprint density at radius 2 is 1.73 bits per heavy atom. The predicted molar refractivity (Wildman–Crippen MR) is 120 cm³/mol. The number of benzene rings is 2. The van der Waals surface area contributed by atoms with Crippen LogP contribution in [0.1, 0.15) is 29.2 Å². The fraction of sp³-hybridized carbons (Fsp3) is 0.435. The van der Waals surface area contributed by atoms with Crippen LogP contribution in [0.15, 0.2) is 30.3 Å². The molecule has 6 nitrogen and oxygen atoms in total. The van der Waals surface area contributed by atoms with Gasteiger partial charge >= 0.3 is 5.97 Å². The van der Waals surface area contributed by atoms with E-state index in [9.17, 15) is 9.90 Å². The van der Waals surface area contributed by atoms with Crippen molar-refractivity contribution in [2.45, 2.75) is 40.7 Å². The average molecular weight is 438 g/mol. The highest BCUT2D eigenvalue weighted by molar-refractivity contribution is 5.85. The third-order valence-electron chi connectivity index (χ3n) is 4.67. The lowest BCUT2D eigenvalue weighted by Gasteiger charge is -2.18. The predicted octanol–water partition coefficient (Wildman–Crippen LogP) is 3.68. The first-order valence-corrected chi connectivity index (χ1v) is 9.78. The quantitative estimate of drug-likeness (QED) is 0.335. The van der Waals surface area contributed by atoms with E-state index in [4.69, 9.17) is 14.2 Å². The van der Waals surface area contributed by atoms with Crippen LogP contribution in [0.2, 0.25) is 0 Å². The maximum atomic E-state index is 11.3. The first-order valence-electron chi connectivity index (χ1n) is 9.78. The van der Waals surface area contributed by atoms with Crippen LogP contribution >= 0.6 is 12.4 Å². The molecule has 0 bridgehead atoms. The highest BCUT2D eigenvalue weighted by Gasteiger charge is 2.15. The number of esters is 1. The lowest BCUT2D eigenvalue weighted by molar-refractivity contribution is -0.131. The summed E-state index contributed by atoms with van der Waals surface area (Å²) < 4.78 is 16.8. The van der Waals surface area contributed by atoms with Crippen LogP contribution in [-0.4, -0.2) is 43.5 Å². The Balaban J connectivity index is 0.00000450. The van der Waals surface area contributed by atoms with Crippen LogP contribution < -0.4 is 19.5 Å². The molecule has 1 unspecified atom stereocenters. The Hall–Kier alpha value is -2.28. The van der Waals surface area contributed by atoms with Gasteiger partial charge in [-0.15, -0.1) is 12.4 Å². The van der Waals surface area contributed by atoms with Crippen molar-refractivity contribution in [3.63, 3.8) is 0 Å². The molecule has 2 rings (SSSR count). The minimum Gasteiger partial charge on any atom is -0.492 e. The van der Waals surface area contributed by atoms with E-state index in [1.807, 2.05) is 58.0 Å². The van der Waals surface area contributed by atoms with E-state index in [0.29, 0.717) is 31.2 Å². The molecular formula is C23H32ClNO5. The highest BCUT2D eigenvalue weighted by Crippen LogP contribution is 2.33. The second kappa shape index (κ2) is 12.4. The number of aliphatic hydroxyl groups excluding tert-OH is 1. The standard InChI is InChI=1S/C23H31NO5.ClH/c1-15-8-6-7-9-21(15)27-11-10-24-13-20(26)14-28-22-12-16(2)23(29-19(5)25)18(4)17(22)3;/h6-9,12,20,24,26H,10-11,13-14H2,1-5H3;1H. The van der Waals surface area contributed by atoms with E-state index in [1.165, 1.54) is 6.92 Å². The van der Waals surface area contributed by atoms with Gasteiger partial charge in [-0.05, 0) is 62.1 Å². The van der Waals surface area contributed by atoms with Gasteiger partial charge in [-0.1, -0.05) is 18.2 Å². The van der Waals surface area contributed by atoms with Crippen LogP contribution in [0.5, 0.6) is 17.2 Å². The minimum atomic E-state index is -0.651. The Morgan fingerprint density at radius 3 is 2.40 bits per heavy atom. The smallest absolute Gasteiger partial charge is 0.308 e. The molecule has 0 aliphatic rings. The van der Waals surface area contributed by atoms with E-state index in [-0.39, 0.29) is 25.0 Å². The van der Waals surface area contributed by atoms with Crippen molar-refractivity contribution >= 4 is 18.4 Å². The monoisotopic (exact) mass is 437 g/mol. The summed E-state index contributed by atoms with van der Waals surface area (Å²) in [6.45, 7) is 10.8. The van der Waals surface area contributed by atoms with Crippen molar-refractivity contribution in [3.8, 4) is 17.2 Å². The van der Waals surface area contributed by atoms with Crippen molar-refractivity contribution in [1.29, 1.82) is 0 Å². The third-order valence-corrected chi connectivity index (χ3v) is 4.67. The zero-order valence-electron chi connectivity index (χ0n) is 18.3. The Kier molecular flexibility index (Phi) is 10.7. The van der Waals surface area contributed by atoms with E-state index in [2.05, 4.69) is 5.32 Å². The van der Waals surface area contributed by atoms with Gasteiger partial charge in [-0.25, -0.2) is 0 Å². The molecule has 0 saturated carbocycles. The summed E-state index contributed by atoms with van der Waals surface area (Å²) >= 11 is 0. The molecule has 30 heavy (non-hydrogen) atoms. The minimum absolute atomic E-state index is 0. The van der Waals surface area contributed by atoms with Crippen LogP contribution in [0.4, 0.5) is 0 Å². The maximum absolute atomic E-state index is 11.3. The summed E-state index contributed by atoms with van der Waals surface area (Å²) in [7, 11) is 0. The van der Waals surface area contributed by atoms with Crippen molar-refractivity contribution in [2.24, 2.45) is 0 Å². The molecule has 0 aliphatic heterocycles. The summed E-state index contributed by atoms with van der Waals surface area (Å²) in [6.07, 6.45) is -0.651. The van der Waals surface area contributed by atoms with E-state index in [1.54, 1.807) is 0 Å². The summed E-state index contributed by atoms with van der Waals surface area (Å²) in [4.78, 5) is 11.3. The molecule has 0 aliphatic carbocycles. The third kappa shape index (κ3) is 7.52. The van der Waals surface area contributed by atoms with Crippen LogP contribution in [-0.2, 0) is 4.79 Å². The molecule has 166 valence electrons. The van der Waals surface area contributed by atoms with Crippen molar-refractivity contribution in [2.75, 3.05) is 26.3 Å². The first kappa shape index (κ1) is 25.8.